The third kappa shape index (κ3) is 8.06. The number of carbonyl (C=O) groups is 1. The number of anilines is 1. The summed E-state index contributed by atoms with van der Waals surface area (Å²) < 4.78 is 8.93. The van der Waals surface area contributed by atoms with Crippen LogP contribution in [-0.4, -0.2) is 32.6 Å². The number of hydrogen-bond acceptors (Lipinski definition) is 7. The SMILES string of the molecule is O=C(CSc1nnc(CNc2ccc(Br)cc2)n1-c1ccccc1)N/N=C/c1ccccc1OCc1ccccc1. The van der Waals surface area contributed by atoms with Crippen molar-refractivity contribution in [3.05, 3.63) is 131 Å². The molecule has 1 aromatic heterocycles. The molecule has 0 saturated carbocycles. The first-order valence-electron chi connectivity index (χ1n) is 12.9. The lowest BCUT2D eigenvalue weighted by atomic mass is 10.2. The number of nitrogens with one attached hydrogen (secondary N) is 2. The third-order valence-corrected chi connectivity index (χ3v) is 7.35. The Morgan fingerprint density at radius 1 is 0.902 bits per heavy atom. The van der Waals surface area contributed by atoms with Crippen LogP contribution in [0.2, 0.25) is 0 Å². The number of aromatic nitrogens is 3. The molecule has 4 aromatic carbocycles. The van der Waals surface area contributed by atoms with Crippen LogP contribution in [0.15, 0.2) is 124 Å². The van der Waals surface area contributed by atoms with E-state index in [1.165, 1.54) is 11.8 Å². The second-order valence-electron chi connectivity index (χ2n) is 8.82. The van der Waals surface area contributed by atoms with Crippen LogP contribution in [0.25, 0.3) is 5.69 Å². The van der Waals surface area contributed by atoms with E-state index >= 15 is 0 Å². The largest absolute Gasteiger partial charge is 0.488 e. The van der Waals surface area contributed by atoms with E-state index in [0.29, 0.717) is 24.1 Å². The molecule has 0 aliphatic carbocycles. The Labute approximate surface area is 251 Å². The van der Waals surface area contributed by atoms with Crippen molar-refractivity contribution in [2.24, 2.45) is 5.10 Å². The number of para-hydroxylation sites is 2. The van der Waals surface area contributed by atoms with Crippen molar-refractivity contribution >= 4 is 45.5 Å². The minimum atomic E-state index is -0.258. The first-order chi connectivity index (χ1) is 20.2. The molecule has 10 heteroatoms. The minimum Gasteiger partial charge on any atom is -0.488 e. The van der Waals surface area contributed by atoms with Gasteiger partial charge in [-0.1, -0.05) is 88.4 Å². The van der Waals surface area contributed by atoms with E-state index in [9.17, 15) is 4.79 Å². The monoisotopic (exact) mass is 626 g/mol. The fourth-order valence-corrected chi connectivity index (χ4v) is 4.91. The van der Waals surface area contributed by atoms with E-state index in [4.69, 9.17) is 4.74 Å². The van der Waals surface area contributed by atoms with E-state index < -0.39 is 0 Å². The summed E-state index contributed by atoms with van der Waals surface area (Å²) in [6, 6.07) is 35.3. The van der Waals surface area contributed by atoms with Gasteiger partial charge in [0.15, 0.2) is 11.0 Å². The highest BCUT2D eigenvalue weighted by Crippen LogP contribution is 2.23. The Morgan fingerprint density at radius 3 is 2.39 bits per heavy atom. The molecule has 0 aliphatic heterocycles. The Kier molecular flexibility index (Phi) is 9.80. The van der Waals surface area contributed by atoms with Gasteiger partial charge < -0.3 is 10.1 Å². The molecule has 2 N–H and O–H groups in total. The molecule has 0 atom stereocenters. The average Bonchev–Trinajstić information content (AvgIpc) is 3.43. The van der Waals surface area contributed by atoms with E-state index in [1.54, 1.807) is 6.21 Å². The zero-order valence-electron chi connectivity index (χ0n) is 22.0. The molecule has 0 bridgehead atoms. The van der Waals surface area contributed by atoms with Crippen LogP contribution >= 0.6 is 27.7 Å². The number of hydrogen-bond donors (Lipinski definition) is 2. The summed E-state index contributed by atoms with van der Waals surface area (Å²) in [5, 5.41) is 16.9. The van der Waals surface area contributed by atoms with Crippen molar-refractivity contribution in [3.63, 3.8) is 0 Å². The van der Waals surface area contributed by atoms with Crippen molar-refractivity contribution < 1.29 is 9.53 Å². The zero-order chi connectivity index (χ0) is 28.3. The first-order valence-corrected chi connectivity index (χ1v) is 14.6. The average molecular weight is 628 g/mol. The van der Waals surface area contributed by atoms with Gasteiger partial charge in [-0.3, -0.25) is 9.36 Å². The van der Waals surface area contributed by atoms with Gasteiger partial charge >= 0.3 is 0 Å². The molecule has 41 heavy (non-hydrogen) atoms. The lowest BCUT2D eigenvalue weighted by Crippen LogP contribution is -2.20. The molecule has 8 nitrogen and oxygen atoms in total. The number of amides is 1. The molecule has 0 saturated heterocycles. The first kappa shape index (κ1) is 28.1. The fraction of sp³-hybridized carbons (Fsp3) is 0.0968. The van der Waals surface area contributed by atoms with E-state index in [2.05, 4.69) is 42.0 Å². The molecule has 0 unspecified atom stereocenters. The van der Waals surface area contributed by atoms with E-state index in [1.807, 2.05) is 114 Å². The maximum Gasteiger partial charge on any atom is 0.250 e. The van der Waals surface area contributed by atoms with Gasteiger partial charge in [0.2, 0.25) is 0 Å². The van der Waals surface area contributed by atoms with Gasteiger partial charge in [-0.05, 0) is 54.1 Å². The third-order valence-electron chi connectivity index (χ3n) is 5.89. The highest BCUT2D eigenvalue weighted by molar-refractivity contribution is 9.10. The van der Waals surface area contributed by atoms with Crippen LogP contribution < -0.4 is 15.5 Å². The molecule has 0 radical (unpaired) electrons. The second kappa shape index (κ2) is 14.3. The number of halogens is 1. The fourth-order valence-electron chi connectivity index (χ4n) is 3.88. The van der Waals surface area contributed by atoms with Gasteiger partial charge in [-0.2, -0.15) is 5.10 Å². The van der Waals surface area contributed by atoms with E-state index in [-0.39, 0.29) is 11.7 Å². The van der Waals surface area contributed by atoms with Gasteiger partial charge in [-0.15, -0.1) is 10.2 Å². The molecule has 5 rings (SSSR count). The number of hydrazone groups is 1. The summed E-state index contributed by atoms with van der Waals surface area (Å²) >= 11 is 4.75. The number of carbonyl (C=O) groups excluding carboxylic acids is 1. The number of rotatable bonds is 12. The molecule has 0 aliphatic rings. The maximum absolute atomic E-state index is 12.6. The number of thioether (sulfide) groups is 1. The summed E-state index contributed by atoms with van der Waals surface area (Å²) in [5.74, 6) is 1.27. The summed E-state index contributed by atoms with van der Waals surface area (Å²) in [6.45, 7) is 0.907. The Balaban J connectivity index is 1.20. The maximum atomic E-state index is 12.6. The Bertz CT molecular complexity index is 1590. The van der Waals surface area contributed by atoms with Gasteiger partial charge in [0.25, 0.3) is 5.91 Å². The van der Waals surface area contributed by atoms with E-state index in [0.717, 1.165) is 32.8 Å². The Morgan fingerprint density at radius 2 is 1.61 bits per heavy atom. The molecule has 1 heterocycles. The second-order valence-corrected chi connectivity index (χ2v) is 10.7. The van der Waals surface area contributed by atoms with Crippen molar-refractivity contribution in [2.75, 3.05) is 11.1 Å². The van der Waals surface area contributed by atoms with Crippen LogP contribution in [0.1, 0.15) is 17.0 Å². The lowest BCUT2D eigenvalue weighted by molar-refractivity contribution is -0.118. The highest BCUT2D eigenvalue weighted by Gasteiger charge is 2.16. The normalized spacial score (nSPS) is 11.0. The van der Waals surface area contributed by atoms with Crippen molar-refractivity contribution in [1.82, 2.24) is 20.2 Å². The summed E-state index contributed by atoms with van der Waals surface area (Å²) in [7, 11) is 0. The van der Waals surface area contributed by atoms with Gasteiger partial charge in [0, 0.05) is 21.4 Å². The topological polar surface area (TPSA) is 93.4 Å². The van der Waals surface area contributed by atoms with Crippen LogP contribution in [-0.2, 0) is 17.9 Å². The summed E-state index contributed by atoms with van der Waals surface area (Å²) in [6.07, 6.45) is 1.58. The summed E-state index contributed by atoms with van der Waals surface area (Å²) in [4.78, 5) is 12.6. The number of benzene rings is 4. The van der Waals surface area contributed by atoms with Gasteiger partial charge in [0.1, 0.15) is 12.4 Å². The molecule has 5 aromatic rings. The smallest absolute Gasteiger partial charge is 0.250 e. The molecular formula is C31H27BrN6O2S. The number of ether oxygens (including phenoxy) is 1. The van der Waals surface area contributed by atoms with Crippen LogP contribution in [0.5, 0.6) is 5.75 Å². The highest BCUT2D eigenvalue weighted by atomic mass is 79.9. The van der Waals surface area contributed by atoms with Crippen LogP contribution in [0, 0.1) is 0 Å². The van der Waals surface area contributed by atoms with Crippen molar-refractivity contribution in [2.45, 2.75) is 18.3 Å². The predicted octanol–water partition coefficient (Wildman–Crippen LogP) is 6.46. The number of nitrogens with zero attached hydrogens (tertiary/aromatic N) is 4. The van der Waals surface area contributed by atoms with Crippen LogP contribution in [0.4, 0.5) is 5.69 Å². The standard InChI is InChI=1S/C31H27BrN6O2S/c32-25-15-17-26(18-16-25)33-20-29-35-37-31(38(29)27-12-5-2-6-13-27)41-22-30(39)36-34-19-24-11-7-8-14-28(24)40-21-23-9-3-1-4-10-23/h1-19,33H,20-22H2,(H,36,39)/b34-19+. The summed E-state index contributed by atoms with van der Waals surface area (Å²) in [5.41, 5.74) is 6.32. The minimum absolute atomic E-state index is 0.120. The predicted molar refractivity (Wildman–Crippen MR) is 167 cm³/mol. The zero-order valence-corrected chi connectivity index (χ0v) is 24.4. The van der Waals surface area contributed by atoms with Gasteiger partial charge in [0.05, 0.1) is 18.5 Å². The van der Waals surface area contributed by atoms with Crippen LogP contribution in [0.3, 0.4) is 0 Å². The quantitative estimate of drug-likeness (QED) is 0.0937. The van der Waals surface area contributed by atoms with Crippen molar-refractivity contribution in [1.29, 1.82) is 0 Å². The molecular weight excluding hydrogens is 600 g/mol. The molecule has 0 fully saturated rings. The molecule has 1 amide bonds. The van der Waals surface area contributed by atoms with Crippen molar-refractivity contribution in [3.8, 4) is 11.4 Å². The van der Waals surface area contributed by atoms with Gasteiger partial charge in [-0.25, -0.2) is 5.43 Å². The Hall–Kier alpha value is -4.41. The molecule has 0 spiro atoms. The molecule has 206 valence electrons. The lowest BCUT2D eigenvalue weighted by Gasteiger charge is -2.11.